The van der Waals surface area contributed by atoms with Crippen molar-refractivity contribution in [1.82, 2.24) is 9.47 Å². The second-order valence-corrected chi connectivity index (χ2v) is 6.71. The van der Waals surface area contributed by atoms with Gasteiger partial charge in [0.05, 0.1) is 6.54 Å². The van der Waals surface area contributed by atoms with Gasteiger partial charge in [-0.3, -0.25) is 4.79 Å². The minimum Gasteiger partial charge on any atom is -0.345 e. The number of aromatic nitrogens is 1. The highest BCUT2D eigenvalue weighted by atomic mass is 16.2. The summed E-state index contributed by atoms with van der Waals surface area (Å²) in [6.07, 6.45) is 3.03. The lowest BCUT2D eigenvalue weighted by atomic mass is 10.1. The van der Waals surface area contributed by atoms with Gasteiger partial charge in [0.2, 0.25) is 0 Å². The second-order valence-electron chi connectivity index (χ2n) is 6.71. The number of hydrogen-bond acceptors (Lipinski definition) is 1. The Morgan fingerprint density at radius 2 is 1.69 bits per heavy atom. The van der Waals surface area contributed by atoms with Gasteiger partial charge >= 0.3 is 0 Å². The number of carbonyl (C=O) groups excluding carboxylic acids is 1. The molecule has 0 aliphatic carbocycles. The Bertz CT molecular complexity index is 834. The molecule has 0 radical (unpaired) electrons. The molecule has 1 amide bonds. The first kappa shape index (κ1) is 18.0. The van der Waals surface area contributed by atoms with Crippen molar-refractivity contribution in [2.45, 2.75) is 33.4 Å². The van der Waals surface area contributed by atoms with Crippen LogP contribution in [0.5, 0.6) is 0 Å². The Morgan fingerprint density at radius 1 is 0.962 bits per heavy atom. The van der Waals surface area contributed by atoms with E-state index in [4.69, 9.17) is 0 Å². The number of amides is 1. The Hall–Kier alpha value is -2.81. The van der Waals surface area contributed by atoms with Crippen molar-refractivity contribution in [3.05, 3.63) is 95.3 Å². The molecule has 0 bridgehead atoms. The van der Waals surface area contributed by atoms with E-state index >= 15 is 0 Å². The monoisotopic (exact) mass is 346 g/mol. The van der Waals surface area contributed by atoms with Gasteiger partial charge < -0.3 is 9.47 Å². The minimum absolute atomic E-state index is 0.0966. The van der Waals surface area contributed by atoms with Gasteiger partial charge in [-0.25, -0.2) is 0 Å². The first-order valence-electron chi connectivity index (χ1n) is 9.21. The highest BCUT2D eigenvalue weighted by Crippen LogP contribution is 2.14. The second kappa shape index (κ2) is 8.52. The van der Waals surface area contributed by atoms with E-state index in [0.717, 1.165) is 30.8 Å². The highest BCUT2D eigenvalue weighted by Gasteiger charge is 2.17. The molecule has 134 valence electrons. The van der Waals surface area contributed by atoms with Crippen LogP contribution in [0.2, 0.25) is 0 Å². The summed E-state index contributed by atoms with van der Waals surface area (Å²) in [4.78, 5) is 14.9. The van der Waals surface area contributed by atoms with Gasteiger partial charge in [0.1, 0.15) is 0 Å². The summed E-state index contributed by atoms with van der Waals surface area (Å²) in [5.74, 6) is 0.0966. The smallest absolute Gasteiger partial charge is 0.254 e. The molecule has 0 saturated carbocycles. The van der Waals surface area contributed by atoms with E-state index in [2.05, 4.69) is 54.1 Å². The van der Waals surface area contributed by atoms with E-state index in [1.165, 1.54) is 11.1 Å². The van der Waals surface area contributed by atoms with Crippen LogP contribution in [-0.4, -0.2) is 21.9 Å². The van der Waals surface area contributed by atoms with Crippen LogP contribution >= 0.6 is 0 Å². The van der Waals surface area contributed by atoms with Crippen LogP contribution < -0.4 is 0 Å². The van der Waals surface area contributed by atoms with Crippen LogP contribution in [0.4, 0.5) is 0 Å². The van der Waals surface area contributed by atoms with Crippen molar-refractivity contribution in [1.29, 1.82) is 0 Å². The zero-order valence-corrected chi connectivity index (χ0v) is 15.6. The van der Waals surface area contributed by atoms with Crippen LogP contribution in [0.3, 0.4) is 0 Å². The Labute approximate surface area is 155 Å². The van der Waals surface area contributed by atoms with Crippen LogP contribution in [0.25, 0.3) is 0 Å². The SMILES string of the molecule is CCCN(Cc1cccn1Cc1ccccc1)C(=O)c1ccc(C)cc1. The van der Waals surface area contributed by atoms with E-state index in [0.29, 0.717) is 6.54 Å². The maximum atomic E-state index is 13.0. The normalized spacial score (nSPS) is 10.7. The largest absolute Gasteiger partial charge is 0.345 e. The predicted octanol–water partition coefficient (Wildman–Crippen LogP) is 4.90. The lowest BCUT2D eigenvalue weighted by molar-refractivity contribution is 0.0739. The Balaban J connectivity index is 1.77. The zero-order valence-electron chi connectivity index (χ0n) is 15.6. The fourth-order valence-corrected chi connectivity index (χ4v) is 3.12. The molecular formula is C23H26N2O. The van der Waals surface area contributed by atoms with E-state index in [1.54, 1.807) is 0 Å². The fourth-order valence-electron chi connectivity index (χ4n) is 3.12. The van der Waals surface area contributed by atoms with Crippen molar-refractivity contribution in [3.8, 4) is 0 Å². The van der Waals surface area contributed by atoms with Crippen molar-refractivity contribution in [2.24, 2.45) is 0 Å². The topological polar surface area (TPSA) is 25.2 Å². The fraction of sp³-hybridized carbons (Fsp3) is 0.261. The minimum atomic E-state index is 0.0966. The molecule has 1 aromatic heterocycles. The predicted molar refractivity (Wildman–Crippen MR) is 106 cm³/mol. The molecule has 0 fully saturated rings. The third kappa shape index (κ3) is 4.42. The quantitative estimate of drug-likeness (QED) is 0.597. The van der Waals surface area contributed by atoms with Gasteiger partial charge in [0, 0.05) is 30.5 Å². The van der Waals surface area contributed by atoms with E-state index in [-0.39, 0.29) is 5.91 Å². The standard InChI is InChI=1S/C23H26N2O/c1-3-15-25(23(26)21-13-11-19(2)12-14-21)18-22-10-7-16-24(22)17-20-8-5-4-6-9-20/h4-14,16H,3,15,17-18H2,1-2H3. The summed E-state index contributed by atoms with van der Waals surface area (Å²) < 4.78 is 2.22. The molecule has 3 heteroatoms. The maximum Gasteiger partial charge on any atom is 0.254 e. The number of benzene rings is 2. The summed E-state index contributed by atoms with van der Waals surface area (Å²) in [5, 5.41) is 0. The van der Waals surface area contributed by atoms with Gasteiger partial charge in [-0.2, -0.15) is 0 Å². The van der Waals surface area contributed by atoms with Crippen LogP contribution in [0.1, 0.15) is 40.5 Å². The third-order valence-corrected chi connectivity index (χ3v) is 4.55. The van der Waals surface area contributed by atoms with Crippen molar-refractivity contribution >= 4 is 5.91 Å². The first-order chi connectivity index (χ1) is 12.7. The highest BCUT2D eigenvalue weighted by molar-refractivity contribution is 5.94. The van der Waals surface area contributed by atoms with Gasteiger partial charge in [-0.1, -0.05) is 55.0 Å². The van der Waals surface area contributed by atoms with Crippen LogP contribution in [0.15, 0.2) is 72.9 Å². The van der Waals surface area contributed by atoms with Gasteiger partial charge in [0.15, 0.2) is 0 Å². The first-order valence-corrected chi connectivity index (χ1v) is 9.21. The summed E-state index contributed by atoms with van der Waals surface area (Å²) in [5.41, 5.74) is 4.34. The Morgan fingerprint density at radius 3 is 2.38 bits per heavy atom. The molecule has 3 nitrogen and oxygen atoms in total. The maximum absolute atomic E-state index is 13.0. The van der Waals surface area contributed by atoms with Gasteiger partial charge in [-0.05, 0) is 43.2 Å². The molecule has 0 unspecified atom stereocenters. The van der Waals surface area contributed by atoms with Crippen molar-refractivity contribution < 1.29 is 4.79 Å². The van der Waals surface area contributed by atoms with Crippen molar-refractivity contribution in [2.75, 3.05) is 6.54 Å². The summed E-state index contributed by atoms with van der Waals surface area (Å²) in [6, 6.07) is 22.4. The van der Waals surface area contributed by atoms with Crippen LogP contribution in [0, 0.1) is 6.92 Å². The summed E-state index contributed by atoms with van der Waals surface area (Å²) in [6.45, 7) is 6.35. The number of carbonyl (C=O) groups is 1. The lowest BCUT2D eigenvalue weighted by Gasteiger charge is -2.23. The molecule has 3 aromatic rings. The molecule has 3 rings (SSSR count). The lowest BCUT2D eigenvalue weighted by Crippen LogP contribution is -2.32. The molecule has 0 aliphatic heterocycles. The molecule has 0 N–H and O–H groups in total. The average molecular weight is 346 g/mol. The number of aryl methyl sites for hydroxylation is 1. The van der Waals surface area contributed by atoms with Crippen LogP contribution in [-0.2, 0) is 13.1 Å². The number of nitrogens with zero attached hydrogens (tertiary/aromatic N) is 2. The number of rotatable bonds is 7. The van der Waals surface area contributed by atoms with Crippen molar-refractivity contribution in [3.63, 3.8) is 0 Å². The molecular weight excluding hydrogens is 320 g/mol. The van der Waals surface area contributed by atoms with Gasteiger partial charge in [-0.15, -0.1) is 0 Å². The third-order valence-electron chi connectivity index (χ3n) is 4.55. The summed E-state index contributed by atoms with van der Waals surface area (Å²) >= 11 is 0. The van der Waals surface area contributed by atoms with Gasteiger partial charge in [0.25, 0.3) is 5.91 Å². The average Bonchev–Trinajstić information content (AvgIpc) is 3.09. The zero-order chi connectivity index (χ0) is 18.4. The molecule has 2 aromatic carbocycles. The molecule has 0 aliphatic rings. The van der Waals surface area contributed by atoms with E-state index in [1.807, 2.05) is 42.2 Å². The molecule has 26 heavy (non-hydrogen) atoms. The number of hydrogen-bond donors (Lipinski definition) is 0. The molecule has 0 saturated heterocycles. The summed E-state index contributed by atoms with van der Waals surface area (Å²) in [7, 11) is 0. The molecule has 1 heterocycles. The van der Waals surface area contributed by atoms with E-state index in [9.17, 15) is 4.79 Å². The molecule has 0 spiro atoms. The van der Waals surface area contributed by atoms with E-state index < -0.39 is 0 Å². The molecule has 0 atom stereocenters. The Kier molecular flexibility index (Phi) is 5.90.